The lowest BCUT2D eigenvalue weighted by atomic mass is 10.1. The molecule has 0 radical (unpaired) electrons. The van der Waals surface area contributed by atoms with Crippen molar-refractivity contribution in [1.82, 2.24) is 10.3 Å². The van der Waals surface area contributed by atoms with Gasteiger partial charge in [-0.1, -0.05) is 48.5 Å². The molecule has 2 atom stereocenters. The molecular weight excluding hydrogens is 396 g/mol. The Bertz CT molecular complexity index is 997. The first-order valence-corrected chi connectivity index (χ1v) is 10.7. The van der Waals surface area contributed by atoms with Crippen molar-refractivity contribution in [1.29, 1.82) is 0 Å². The van der Waals surface area contributed by atoms with Gasteiger partial charge < -0.3 is 16.8 Å². The summed E-state index contributed by atoms with van der Waals surface area (Å²) in [7, 11) is 0. The summed E-state index contributed by atoms with van der Waals surface area (Å²) in [5.74, 6) is -0.338. The quantitative estimate of drug-likeness (QED) is 0.457. The number of nitrogens with two attached hydrogens (primary N) is 2. The third-order valence-electron chi connectivity index (χ3n) is 4.72. The van der Waals surface area contributed by atoms with Crippen LogP contribution in [0.15, 0.2) is 71.8 Å². The molecule has 0 spiro atoms. The molecule has 0 aliphatic rings. The van der Waals surface area contributed by atoms with Crippen LogP contribution in [0.5, 0.6) is 0 Å². The lowest BCUT2D eigenvalue weighted by molar-refractivity contribution is -0.125. The lowest BCUT2D eigenvalue weighted by Crippen LogP contribution is -2.48. The van der Waals surface area contributed by atoms with Gasteiger partial charge >= 0.3 is 0 Å². The Morgan fingerprint density at radius 3 is 2.57 bits per heavy atom. The Balaban J connectivity index is 1.75. The summed E-state index contributed by atoms with van der Waals surface area (Å²) in [6, 6.07) is 17.9. The highest BCUT2D eigenvalue weighted by Crippen LogP contribution is 2.24. The number of rotatable bonds is 9. The molecular formula is C23H26N4O2S. The molecule has 0 saturated heterocycles. The van der Waals surface area contributed by atoms with Crippen molar-refractivity contribution < 1.29 is 9.59 Å². The molecule has 0 saturated carbocycles. The number of carbonyl (C=O) groups excluding carboxylic acids is 2. The minimum atomic E-state index is -0.694. The maximum absolute atomic E-state index is 13.1. The van der Waals surface area contributed by atoms with Crippen LogP contribution in [0.3, 0.4) is 0 Å². The van der Waals surface area contributed by atoms with Crippen LogP contribution in [0.4, 0.5) is 0 Å². The average Bonchev–Trinajstić information content (AvgIpc) is 2.77. The van der Waals surface area contributed by atoms with Gasteiger partial charge in [-0.15, -0.1) is 0 Å². The molecule has 0 aliphatic heterocycles. The van der Waals surface area contributed by atoms with Crippen molar-refractivity contribution in [3.63, 3.8) is 0 Å². The minimum Gasteiger partial charge on any atom is -0.344 e. The van der Waals surface area contributed by atoms with E-state index in [1.54, 1.807) is 6.20 Å². The first kappa shape index (κ1) is 22.0. The molecule has 0 aliphatic carbocycles. The van der Waals surface area contributed by atoms with Crippen LogP contribution in [0.2, 0.25) is 0 Å². The molecule has 0 unspecified atom stereocenters. The summed E-state index contributed by atoms with van der Waals surface area (Å²) in [5, 5.41) is 3.64. The molecule has 6 nitrogen and oxygen atoms in total. The van der Waals surface area contributed by atoms with Crippen molar-refractivity contribution in [2.24, 2.45) is 11.5 Å². The zero-order valence-corrected chi connectivity index (χ0v) is 17.5. The third-order valence-corrected chi connectivity index (χ3v) is 5.67. The number of hydrogen-bond donors (Lipinski definition) is 3. The number of carbonyl (C=O) groups is 2. The first-order chi connectivity index (χ1) is 14.6. The fraction of sp³-hybridized carbons (Fsp3) is 0.261. The summed E-state index contributed by atoms with van der Waals surface area (Å²) in [5.41, 5.74) is 13.3. The van der Waals surface area contributed by atoms with Crippen molar-refractivity contribution >= 4 is 33.7 Å². The van der Waals surface area contributed by atoms with Crippen LogP contribution in [0.1, 0.15) is 18.4 Å². The van der Waals surface area contributed by atoms with Gasteiger partial charge in [-0.3, -0.25) is 14.6 Å². The Morgan fingerprint density at radius 1 is 1.07 bits per heavy atom. The average molecular weight is 423 g/mol. The molecule has 30 heavy (non-hydrogen) atoms. The van der Waals surface area contributed by atoms with Crippen LogP contribution in [-0.4, -0.2) is 34.6 Å². The molecule has 1 amide bonds. The van der Waals surface area contributed by atoms with Crippen molar-refractivity contribution in [2.75, 3.05) is 6.54 Å². The lowest BCUT2D eigenvalue weighted by Gasteiger charge is -2.20. The predicted molar refractivity (Wildman–Crippen MR) is 121 cm³/mol. The van der Waals surface area contributed by atoms with E-state index in [1.807, 2.05) is 60.7 Å². The maximum Gasteiger partial charge on any atom is 0.237 e. The van der Waals surface area contributed by atoms with E-state index >= 15 is 0 Å². The van der Waals surface area contributed by atoms with E-state index in [1.165, 1.54) is 0 Å². The highest BCUT2D eigenvalue weighted by molar-refractivity contribution is 8.13. The number of nitrogens with one attached hydrogen (secondary N) is 1. The molecule has 156 valence electrons. The van der Waals surface area contributed by atoms with Crippen molar-refractivity contribution in [3.05, 3.63) is 72.4 Å². The smallest absolute Gasteiger partial charge is 0.237 e. The van der Waals surface area contributed by atoms with Gasteiger partial charge in [-0.2, -0.15) is 0 Å². The Hall–Kier alpha value is -2.74. The van der Waals surface area contributed by atoms with Crippen LogP contribution < -0.4 is 16.8 Å². The zero-order chi connectivity index (χ0) is 21.3. The fourth-order valence-corrected chi connectivity index (χ4v) is 3.89. The maximum atomic E-state index is 13.1. The minimum absolute atomic E-state index is 0.157. The molecule has 3 rings (SSSR count). The van der Waals surface area contributed by atoms with Gasteiger partial charge in [0, 0.05) is 22.9 Å². The largest absolute Gasteiger partial charge is 0.344 e. The zero-order valence-electron chi connectivity index (χ0n) is 16.7. The highest BCUT2D eigenvalue weighted by atomic mass is 32.2. The number of hydrogen-bond acceptors (Lipinski definition) is 6. The van der Waals surface area contributed by atoms with Gasteiger partial charge in [0.1, 0.15) is 6.04 Å². The number of fused-ring (bicyclic) bond motifs is 1. The second-order valence-electron chi connectivity index (χ2n) is 7.07. The van der Waals surface area contributed by atoms with E-state index in [9.17, 15) is 9.59 Å². The number of nitrogens with zero attached hydrogens (tertiary/aromatic N) is 1. The molecule has 2 aromatic carbocycles. The normalized spacial score (nSPS) is 13.0. The Labute approximate surface area is 180 Å². The second-order valence-corrected chi connectivity index (χ2v) is 8.15. The van der Waals surface area contributed by atoms with Crippen LogP contribution in [0.25, 0.3) is 10.9 Å². The van der Waals surface area contributed by atoms with Crippen molar-refractivity contribution in [2.45, 2.75) is 36.2 Å². The summed E-state index contributed by atoms with van der Waals surface area (Å²) >= 11 is 1.08. The van der Waals surface area contributed by atoms with Crippen molar-refractivity contribution in [3.8, 4) is 0 Å². The van der Waals surface area contributed by atoms with Gasteiger partial charge in [-0.25, -0.2) is 0 Å². The number of benzene rings is 2. The number of pyridine rings is 1. The van der Waals surface area contributed by atoms with Crippen LogP contribution in [-0.2, 0) is 16.0 Å². The van der Waals surface area contributed by atoms with Gasteiger partial charge in [0.2, 0.25) is 11.0 Å². The molecule has 5 N–H and O–H groups in total. The standard InChI is InChI=1S/C23H26N4O2S/c24-12-6-10-19(25)22(28)27-21(13-16-7-2-1-3-8-16)23(29)30-18-14-17-9-4-5-11-20(17)26-15-18/h1-5,7-9,11,14-15,19,21H,6,10,12-13,24-25H2,(H,27,28)/t19-,21-/m1/s1. The van der Waals surface area contributed by atoms with E-state index in [0.29, 0.717) is 25.8 Å². The Morgan fingerprint density at radius 2 is 1.80 bits per heavy atom. The van der Waals surface area contributed by atoms with Gasteiger partial charge in [0.05, 0.1) is 11.6 Å². The van der Waals surface area contributed by atoms with E-state index < -0.39 is 12.1 Å². The predicted octanol–water partition coefficient (Wildman–Crippen LogP) is 2.65. The Kier molecular flexibility index (Phi) is 7.96. The number of aromatic nitrogens is 1. The van der Waals surface area contributed by atoms with E-state index in [2.05, 4.69) is 10.3 Å². The molecule has 3 aromatic rings. The summed E-state index contributed by atoms with van der Waals surface area (Å²) in [6.45, 7) is 0.470. The number of amides is 1. The van der Waals surface area contributed by atoms with E-state index in [4.69, 9.17) is 11.5 Å². The molecule has 7 heteroatoms. The number of thioether (sulfide) groups is 1. The van der Waals surface area contributed by atoms with Crippen LogP contribution >= 0.6 is 11.8 Å². The van der Waals surface area contributed by atoms with Crippen LogP contribution in [0, 0.1) is 0 Å². The van der Waals surface area contributed by atoms with E-state index in [0.717, 1.165) is 33.1 Å². The fourth-order valence-electron chi connectivity index (χ4n) is 3.08. The highest BCUT2D eigenvalue weighted by Gasteiger charge is 2.25. The molecule has 0 bridgehead atoms. The molecule has 1 heterocycles. The second kappa shape index (κ2) is 10.9. The van der Waals surface area contributed by atoms with Gasteiger partial charge in [0.25, 0.3) is 0 Å². The van der Waals surface area contributed by atoms with E-state index in [-0.39, 0.29) is 11.0 Å². The first-order valence-electron chi connectivity index (χ1n) is 9.93. The summed E-state index contributed by atoms with van der Waals surface area (Å²) in [4.78, 5) is 30.8. The monoisotopic (exact) mass is 422 g/mol. The van der Waals surface area contributed by atoms with Gasteiger partial charge in [-0.05, 0) is 48.8 Å². The SMILES string of the molecule is NCCC[C@@H](N)C(=O)N[C@H](Cc1ccccc1)C(=O)Sc1cnc2ccccc2c1. The molecule has 0 fully saturated rings. The topological polar surface area (TPSA) is 111 Å². The number of para-hydroxylation sites is 1. The third kappa shape index (κ3) is 6.13. The summed E-state index contributed by atoms with van der Waals surface area (Å²) in [6.07, 6.45) is 3.21. The van der Waals surface area contributed by atoms with Gasteiger partial charge in [0.15, 0.2) is 0 Å². The summed E-state index contributed by atoms with van der Waals surface area (Å²) < 4.78 is 0. The molecule has 1 aromatic heterocycles.